The lowest BCUT2D eigenvalue weighted by Crippen LogP contribution is -2.32. The fourth-order valence-corrected chi connectivity index (χ4v) is 4.69. The number of rotatable bonds is 10. The van der Waals surface area contributed by atoms with Crippen molar-refractivity contribution in [3.8, 4) is 0 Å². The molecular formula is C30H28N2O6S. The quantitative estimate of drug-likeness (QED) is 0.196. The Hall–Kier alpha value is -4.37. The van der Waals surface area contributed by atoms with Crippen molar-refractivity contribution < 1.29 is 28.7 Å². The summed E-state index contributed by atoms with van der Waals surface area (Å²) in [5.41, 5.74) is 2.72. The van der Waals surface area contributed by atoms with E-state index < -0.39 is 23.8 Å². The number of nitrogens with one attached hydrogen (secondary N) is 1. The minimum absolute atomic E-state index is 0.111. The number of nitrogens with zero attached hydrogens (tertiary/aromatic N) is 1. The third-order valence-corrected chi connectivity index (χ3v) is 7.04. The summed E-state index contributed by atoms with van der Waals surface area (Å²) in [5, 5.41) is 3.07. The summed E-state index contributed by atoms with van der Waals surface area (Å²) in [6.07, 6.45) is 1.68. The molecule has 1 aliphatic heterocycles. The van der Waals surface area contributed by atoms with Gasteiger partial charge in [0, 0.05) is 10.6 Å². The molecule has 0 spiro atoms. The number of aryl methyl sites for hydroxylation is 1. The van der Waals surface area contributed by atoms with Gasteiger partial charge in [0.2, 0.25) is 0 Å². The Kier molecular flexibility index (Phi) is 8.83. The van der Waals surface area contributed by atoms with Crippen LogP contribution in [0, 0.1) is 6.92 Å². The number of ether oxygens (including phenoxy) is 2. The highest BCUT2D eigenvalue weighted by atomic mass is 32.2. The Morgan fingerprint density at radius 3 is 2.08 bits per heavy atom. The van der Waals surface area contributed by atoms with Gasteiger partial charge >= 0.3 is 11.9 Å². The topological polar surface area (TPSA) is 102 Å². The second kappa shape index (κ2) is 12.4. The number of esters is 2. The Balaban J connectivity index is 1.62. The molecule has 2 amide bonds. The average molecular weight is 545 g/mol. The molecule has 0 saturated carbocycles. The number of anilines is 2. The van der Waals surface area contributed by atoms with Crippen LogP contribution in [0.4, 0.5) is 11.4 Å². The number of imide groups is 1. The van der Waals surface area contributed by atoms with Crippen LogP contribution in [0.5, 0.6) is 0 Å². The first-order valence-electron chi connectivity index (χ1n) is 12.4. The normalized spacial score (nSPS) is 13.1. The van der Waals surface area contributed by atoms with E-state index in [0.29, 0.717) is 29.1 Å². The summed E-state index contributed by atoms with van der Waals surface area (Å²) in [4.78, 5) is 53.4. The second-order valence-corrected chi connectivity index (χ2v) is 9.88. The fourth-order valence-electron chi connectivity index (χ4n) is 3.76. The van der Waals surface area contributed by atoms with E-state index in [1.165, 1.54) is 31.0 Å². The van der Waals surface area contributed by atoms with Crippen LogP contribution in [-0.4, -0.2) is 37.5 Å². The Morgan fingerprint density at radius 1 is 0.846 bits per heavy atom. The highest BCUT2D eigenvalue weighted by Gasteiger charge is 2.40. The molecule has 0 atom stereocenters. The third kappa shape index (κ3) is 6.38. The number of hydrogen-bond donors (Lipinski definition) is 1. The van der Waals surface area contributed by atoms with Crippen molar-refractivity contribution in [2.45, 2.75) is 31.6 Å². The second-order valence-electron chi connectivity index (χ2n) is 8.80. The summed E-state index contributed by atoms with van der Waals surface area (Å²) < 4.78 is 9.98. The van der Waals surface area contributed by atoms with Gasteiger partial charge in [0.25, 0.3) is 11.8 Å². The molecule has 39 heavy (non-hydrogen) atoms. The molecule has 0 aromatic heterocycles. The number of amides is 2. The first-order valence-corrected chi connectivity index (χ1v) is 13.2. The Labute approximate surface area is 231 Å². The predicted molar refractivity (Wildman–Crippen MR) is 150 cm³/mol. The molecule has 200 valence electrons. The van der Waals surface area contributed by atoms with E-state index in [9.17, 15) is 19.2 Å². The number of thioether (sulfide) groups is 1. The van der Waals surface area contributed by atoms with Crippen LogP contribution in [0.2, 0.25) is 0 Å². The van der Waals surface area contributed by atoms with Gasteiger partial charge in [-0.25, -0.2) is 14.5 Å². The van der Waals surface area contributed by atoms with Crippen molar-refractivity contribution in [3.63, 3.8) is 0 Å². The average Bonchev–Trinajstić information content (AvgIpc) is 3.18. The summed E-state index contributed by atoms with van der Waals surface area (Å²) >= 11 is 1.19. The molecular weight excluding hydrogens is 516 g/mol. The van der Waals surface area contributed by atoms with Crippen LogP contribution in [0.25, 0.3) is 0 Å². The molecule has 0 bridgehead atoms. The summed E-state index contributed by atoms with van der Waals surface area (Å²) in [7, 11) is 1.30. The van der Waals surface area contributed by atoms with Crippen LogP contribution >= 0.6 is 11.8 Å². The van der Waals surface area contributed by atoms with E-state index in [-0.39, 0.29) is 10.6 Å². The first-order chi connectivity index (χ1) is 18.8. The maximum absolute atomic E-state index is 13.6. The molecule has 0 radical (unpaired) electrons. The maximum Gasteiger partial charge on any atom is 0.338 e. The number of carbonyl (C=O) groups excluding carboxylic acids is 4. The number of unbranched alkanes of at least 4 members (excludes halogenated alkanes) is 1. The van der Waals surface area contributed by atoms with Gasteiger partial charge in [-0.1, -0.05) is 42.8 Å². The van der Waals surface area contributed by atoms with Crippen molar-refractivity contribution in [2.75, 3.05) is 23.9 Å². The standard InChI is InChI=1S/C30H28N2O6S/c1-4-5-18-38-30(36)21-10-14-23(15-11-21)32-27(33)25(31-22-12-8-20(9-13-22)29(35)37-3)26(28(32)34)39-24-16-6-19(2)7-17-24/h6-17,31H,4-5,18H2,1-3H3. The summed E-state index contributed by atoms with van der Waals surface area (Å²) in [6.45, 7) is 4.31. The van der Waals surface area contributed by atoms with Crippen LogP contribution in [0.15, 0.2) is 88.3 Å². The molecule has 0 saturated heterocycles. The molecule has 0 unspecified atom stereocenters. The molecule has 3 aromatic carbocycles. The van der Waals surface area contributed by atoms with Crippen LogP contribution in [-0.2, 0) is 19.1 Å². The van der Waals surface area contributed by atoms with E-state index in [2.05, 4.69) is 5.32 Å². The molecule has 0 fully saturated rings. The lowest BCUT2D eigenvalue weighted by Gasteiger charge is -2.16. The zero-order valence-corrected chi connectivity index (χ0v) is 22.7. The van der Waals surface area contributed by atoms with Crippen molar-refractivity contribution in [1.29, 1.82) is 0 Å². The molecule has 8 nitrogen and oxygen atoms in total. The molecule has 1 heterocycles. The van der Waals surface area contributed by atoms with Gasteiger partial charge in [0.15, 0.2) is 0 Å². The van der Waals surface area contributed by atoms with E-state index in [4.69, 9.17) is 9.47 Å². The number of hydrogen-bond acceptors (Lipinski definition) is 8. The molecule has 1 N–H and O–H groups in total. The lowest BCUT2D eigenvalue weighted by molar-refractivity contribution is -0.120. The van der Waals surface area contributed by atoms with Crippen LogP contribution in [0.1, 0.15) is 46.0 Å². The maximum atomic E-state index is 13.6. The largest absolute Gasteiger partial charge is 0.465 e. The fraction of sp³-hybridized carbons (Fsp3) is 0.200. The molecule has 0 aliphatic carbocycles. The highest BCUT2D eigenvalue weighted by molar-refractivity contribution is 8.04. The Morgan fingerprint density at radius 2 is 1.46 bits per heavy atom. The molecule has 3 aromatic rings. The minimum Gasteiger partial charge on any atom is -0.465 e. The van der Waals surface area contributed by atoms with Gasteiger partial charge in [-0.3, -0.25) is 9.59 Å². The zero-order valence-electron chi connectivity index (χ0n) is 21.9. The van der Waals surface area contributed by atoms with Crippen molar-refractivity contribution in [1.82, 2.24) is 0 Å². The third-order valence-electron chi connectivity index (χ3n) is 5.95. The Bertz CT molecular complexity index is 1410. The lowest BCUT2D eigenvalue weighted by atomic mass is 10.2. The number of methoxy groups -OCH3 is 1. The smallest absolute Gasteiger partial charge is 0.338 e. The number of carbonyl (C=O) groups is 4. The van der Waals surface area contributed by atoms with Gasteiger partial charge < -0.3 is 14.8 Å². The van der Waals surface area contributed by atoms with Crippen molar-refractivity contribution >= 4 is 46.9 Å². The van der Waals surface area contributed by atoms with Gasteiger partial charge in [-0.15, -0.1) is 0 Å². The monoisotopic (exact) mass is 544 g/mol. The van der Waals surface area contributed by atoms with Gasteiger partial charge in [0.1, 0.15) is 10.6 Å². The van der Waals surface area contributed by atoms with E-state index in [0.717, 1.165) is 28.2 Å². The zero-order chi connectivity index (χ0) is 27.9. The van der Waals surface area contributed by atoms with E-state index >= 15 is 0 Å². The van der Waals surface area contributed by atoms with Crippen LogP contribution < -0.4 is 10.2 Å². The van der Waals surface area contributed by atoms with E-state index in [1.807, 2.05) is 38.1 Å². The molecule has 1 aliphatic rings. The minimum atomic E-state index is -0.537. The predicted octanol–water partition coefficient (Wildman–Crippen LogP) is 5.73. The van der Waals surface area contributed by atoms with Gasteiger partial charge in [0.05, 0.1) is 30.5 Å². The van der Waals surface area contributed by atoms with Crippen molar-refractivity contribution in [3.05, 3.63) is 100 Å². The molecule has 9 heteroatoms. The molecule has 4 rings (SSSR count). The summed E-state index contributed by atoms with van der Waals surface area (Å²) in [6, 6.07) is 20.2. The highest BCUT2D eigenvalue weighted by Crippen LogP contribution is 2.38. The van der Waals surface area contributed by atoms with Gasteiger partial charge in [-0.05, 0) is 74.0 Å². The van der Waals surface area contributed by atoms with Crippen LogP contribution in [0.3, 0.4) is 0 Å². The summed E-state index contributed by atoms with van der Waals surface area (Å²) in [5.74, 6) is -1.96. The first kappa shape index (κ1) is 27.7. The SMILES string of the molecule is CCCCOC(=O)c1ccc(N2C(=O)C(Nc3ccc(C(=O)OC)cc3)=C(Sc3ccc(C)cc3)C2=O)cc1. The van der Waals surface area contributed by atoms with Gasteiger partial charge in [-0.2, -0.15) is 0 Å². The van der Waals surface area contributed by atoms with Crippen molar-refractivity contribution in [2.24, 2.45) is 0 Å². The number of benzene rings is 3. The van der Waals surface area contributed by atoms with E-state index in [1.54, 1.807) is 36.4 Å².